The molecule has 0 aliphatic rings. The summed E-state index contributed by atoms with van der Waals surface area (Å²) in [5.74, 6) is 1.13. The molecule has 0 spiro atoms. The standard InChI is InChI=1S/C12H16N4/c1-8(2)12-10(13)7-16(15-12)11-6-9(3)4-5-14-11/h4-8H,13H2,1-3H3. The van der Waals surface area contributed by atoms with Crippen molar-refractivity contribution in [1.82, 2.24) is 14.8 Å². The summed E-state index contributed by atoms with van der Waals surface area (Å²) in [6, 6.07) is 3.94. The highest BCUT2D eigenvalue weighted by Crippen LogP contribution is 2.20. The van der Waals surface area contributed by atoms with Crippen molar-refractivity contribution >= 4 is 5.69 Å². The molecule has 0 fully saturated rings. The second-order valence-electron chi connectivity index (χ2n) is 4.26. The zero-order chi connectivity index (χ0) is 11.7. The van der Waals surface area contributed by atoms with E-state index in [0.29, 0.717) is 5.92 Å². The van der Waals surface area contributed by atoms with Crippen molar-refractivity contribution in [2.24, 2.45) is 0 Å². The highest BCUT2D eigenvalue weighted by molar-refractivity contribution is 5.44. The van der Waals surface area contributed by atoms with Crippen LogP contribution in [0, 0.1) is 6.92 Å². The highest BCUT2D eigenvalue weighted by atomic mass is 15.3. The molecule has 2 aromatic heterocycles. The van der Waals surface area contributed by atoms with E-state index in [0.717, 1.165) is 22.8 Å². The minimum absolute atomic E-state index is 0.325. The third-order valence-corrected chi connectivity index (χ3v) is 2.46. The van der Waals surface area contributed by atoms with E-state index in [-0.39, 0.29) is 0 Å². The fourth-order valence-electron chi connectivity index (χ4n) is 1.61. The fourth-order valence-corrected chi connectivity index (χ4v) is 1.61. The van der Waals surface area contributed by atoms with Crippen LogP contribution in [-0.4, -0.2) is 14.8 Å². The Balaban J connectivity index is 2.45. The Hall–Kier alpha value is -1.84. The Labute approximate surface area is 95.1 Å². The molecule has 0 aliphatic heterocycles. The van der Waals surface area contributed by atoms with Crippen LogP contribution < -0.4 is 5.73 Å². The van der Waals surface area contributed by atoms with Gasteiger partial charge in [-0.2, -0.15) is 5.10 Å². The largest absolute Gasteiger partial charge is 0.396 e. The van der Waals surface area contributed by atoms with Crippen LogP contribution in [0.1, 0.15) is 31.0 Å². The molecule has 0 radical (unpaired) electrons. The van der Waals surface area contributed by atoms with E-state index >= 15 is 0 Å². The number of hydrogen-bond donors (Lipinski definition) is 1. The fraction of sp³-hybridized carbons (Fsp3) is 0.333. The first kappa shape index (κ1) is 10.7. The maximum absolute atomic E-state index is 5.91. The van der Waals surface area contributed by atoms with Gasteiger partial charge in [0.1, 0.15) is 0 Å². The summed E-state index contributed by atoms with van der Waals surface area (Å²) in [5, 5.41) is 4.45. The Morgan fingerprint density at radius 1 is 1.38 bits per heavy atom. The van der Waals surface area contributed by atoms with E-state index in [1.54, 1.807) is 10.9 Å². The van der Waals surface area contributed by atoms with Gasteiger partial charge >= 0.3 is 0 Å². The van der Waals surface area contributed by atoms with Crippen molar-refractivity contribution in [3.63, 3.8) is 0 Å². The van der Waals surface area contributed by atoms with Gasteiger partial charge in [0.15, 0.2) is 5.82 Å². The maximum Gasteiger partial charge on any atom is 0.153 e. The molecule has 0 atom stereocenters. The molecule has 2 rings (SSSR count). The molecule has 0 unspecified atom stereocenters. The van der Waals surface area contributed by atoms with Crippen LogP contribution in [0.3, 0.4) is 0 Å². The summed E-state index contributed by atoms with van der Waals surface area (Å²) in [7, 11) is 0. The number of nitrogens with zero attached hydrogens (tertiary/aromatic N) is 3. The average molecular weight is 216 g/mol. The van der Waals surface area contributed by atoms with Crippen LogP contribution in [0.15, 0.2) is 24.5 Å². The first-order valence-corrected chi connectivity index (χ1v) is 5.36. The van der Waals surface area contributed by atoms with Gasteiger partial charge < -0.3 is 5.73 Å². The molecule has 0 saturated heterocycles. The minimum Gasteiger partial charge on any atom is -0.396 e. The van der Waals surface area contributed by atoms with E-state index in [4.69, 9.17) is 5.73 Å². The van der Waals surface area contributed by atoms with Crippen LogP contribution in [-0.2, 0) is 0 Å². The average Bonchev–Trinajstić information content (AvgIpc) is 2.60. The molecule has 0 amide bonds. The lowest BCUT2D eigenvalue weighted by Crippen LogP contribution is -2.00. The Morgan fingerprint density at radius 3 is 2.69 bits per heavy atom. The number of nitrogen functional groups attached to an aromatic ring is 1. The van der Waals surface area contributed by atoms with E-state index in [1.807, 2.05) is 25.3 Å². The van der Waals surface area contributed by atoms with Crippen LogP contribution >= 0.6 is 0 Å². The third-order valence-electron chi connectivity index (χ3n) is 2.46. The van der Waals surface area contributed by atoms with Crippen LogP contribution in [0.25, 0.3) is 5.82 Å². The molecule has 16 heavy (non-hydrogen) atoms. The lowest BCUT2D eigenvalue weighted by molar-refractivity contribution is 0.758. The van der Waals surface area contributed by atoms with Gasteiger partial charge in [-0.3, -0.25) is 0 Å². The molecule has 4 nitrogen and oxygen atoms in total. The molecule has 4 heteroatoms. The van der Waals surface area contributed by atoms with E-state index in [2.05, 4.69) is 23.9 Å². The molecule has 0 aromatic carbocycles. The first-order chi connectivity index (χ1) is 7.58. The topological polar surface area (TPSA) is 56.7 Å². The number of pyridine rings is 1. The zero-order valence-corrected chi connectivity index (χ0v) is 9.81. The summed E-state index contributed by atoms with van der Waals surface area (Å²) in [6.07, 6.45) is 3.59. The second kappa shape index (κ2) is 3.96. The van der Waals surface area contributed by atoms with Gasteiger partial charge in [-0.25, -0.2) is 9.67 Å². The van der Waals surface area contributed by atoms with Gasteiger partial charge in [0.2, 0.25) is 0 Å². The molecule has 2 heterocycles. The molecule has 84 valence electrons. The maximum atomic E-state index is 5.91. The predicted octanol–water partition coefficient (Wildman–Crippen LogP) is 2.28. The number of aryl methyl sites for hydroxylation is 1. The SMILES string of the molecule is Cc1ccnc(-n2cc(N)c(C(C)C)n2)c1. The lowest BCUT2D eigenvalue weighted by atomic mass is 10.1. The van der Waals surface area contributed by atoms with Gasteiger partial charge in [-0.05, 0) is 30.5 Å². The van der Waals surface area contributed by atoms with Gasteiger partial charge in [-0.15, -0.1) is 0 Å². The van der Waals surface area contributed by atoms with Crippen LogP contribution in [0.2, 0.25) is 0 Å². The summed E-state index contributed by atoms with van der Waals surface area (Å²) in [6.45, 7) is 6.18. The van der Waals surface area contributed by atoms with Gasteiger partial charge in [0.05, 0.1) is 17.6 Å². The first-order valence-electron chi connectivity index (χ1n) is 5.36. The predicted molar refractivity (Wildman–Crippen MR) is 64.6 cm³/mol. The normalized spacial score (nSPS) is 11.0. The third kappa shape index (κ3) is 1.91. The van der Waals surface area contributed by atoms with Gasteiger partial charge in [0.25, 0.3) is 0 Å². The number of nitrogens with two attached hydrogens (primary N) is 1. The lowest BCUT2D eigenvalue weighted by Gasteiger charge is -2.01. The van der Waals surface area contributed by atoms with Crippen molar-refractivity contribution in [3.05, 3.63) is 35.8 Å². The molecule has 0 aliphatic carbocycles. The van der Waals surface area contributed by atoms with E-state index in [1.165, 1.54) is 0 Å². The Bertz CT molecular complexity index is 499. The number of anilines is 1. The molecular formula is C12H16N4. The zero-order valence-electron chi connectivity index (χ0n) is 9.81. The Morgan fingerprint density at radius 2 is 2.12 bits per heavy atom. The molecule has 0 bridgehead atoms. The van der Waals surface area contributed by atoms with Crippen molar-refractivity contribution in [1.29, 1.82) is 0 Å². The summed E-state index contributed by atoms with van der Waals surface area (Å²) in [4.78, 5) is 4.27. The minimum atomic E-state index is 0.325. The molecule has 0 saturated carbocycles. The molecule has 2 N–H and O–H groups in total. The second-order valence-corrected chi connectivity index (χ2v) is 4.26. The number of rotatable bonds is 2. The molecular weight excluding hydrogens is 200 g/mol. The van der Waals surface area contributed by atoms with Gasteiger partial charge in [0, 0.05) is 6.20 Å². The van der Waals surface area contributed by atoms with Crippen LogP contribution in [0.4, 0.5) is 5.69 Å². The van der Waals surface area contributed by atoms with Crippen molar-refractivity contribution < 1.29 is 0 Å². The summed E-state index contributed by atoms with van der Waals surface area (Å²) < 4.78 is 1.73. The molecule has 2 aromatic rings. The highest BCUT2D eigenvalue weighted by Gasteiger charge is 2.10. The van der Waals surface area contributed by atoms with E-state index in [9.17, 15) is 0 Å². The van der Waals surface area contributed by atoms with Crippen molar-refractivity contribution in [2.45, 2.75) is 26.7 Å². The van der Waals surface area contributed by atoms with Crippen molar-refractivity contribution in [2.75, 3.05) is 5.73 Å². The smallest absolute Gasteiger partial charge is 0.153 e. The number of hydrogen-bond acceptors (Lipinski definition) is 3. The summed E-state index contributed by atoms with van der Waals surface area (Å²) in [5.41, 5.74) is 8.70. The van der Waals surface area contributed by atoms with Crippen LogP contribution in [0.5, 0.6) is 0 Å². The quantitative estimate of drug-likeness (QED) is 0.837. The van der Waals surface area contributed by atoms with Gasteiger partial charge in [-0.1, -0.05) is 13.8 Å². The van der Waals surface area contributed by atoms with Crippen molar-refractivity contribution in [3.8, 4) is 5.82 Å². The van der Waals surface area contributed by atoms with E-state index < -0.39 is 0 Å². The Kier molecular flexibility index (Phi) is 2.64. The number of aromatic nitrogens is 3. The monoisotopic (exact) mass is 216 g/mol. The summed E-state index contributed by atoms with van der Waals surface area (Å²) >= 11 is 0.